The van der Waals surface area contributed by atoms with E-state index in [1.54, 1.807) is 6.92 Å². The SMILES string of the molecule is Cc1cc([N+](=O)[O-])cc(C=O)c1C(=O)CBr. The molecule has 0 aromatic heterocycles. The molecule has 0 spiro atoms. The van der Waals surface area contributed by atoms with Gasteiger partial charge in [-0.3, -0.25) is 19.7 Å². The van der Waals surface area contributed by atoms with Crippen molar-refractivity contribution in [3.05, 3.63) is 38.9 Å². The van der Waals surface area contributed by atoms with Crippen molar-refractivity contribution in [3.63, 3.8) is 0 Å². The lowest BCUT2D eigenvalue weighted by Gasteiger charge is -2.05. The van der Waals surface area contributed by atoms with Crippen LogP contribution in [0.1, 0.15) is 26.3 Å². The molecule has 0 saturated heterocycles. The molecule has 16 heavy (non-hydrogen) atoms. The Kier molecular flexibility index (Phi) is 3.89. The molecule has 6 heteroatoms. The van der Waals surface area contributed by atoms with E-state index in [-0.39, 0.29) is 27.9 Å². The number of alkyl halides is 1. The minimum Gasteiger partial charge on any atom is -0.298 e. The van der Waals surface area contributed by atoms with Gasteiger partial charge in [-0.15, -0.1) is 0 Å². The summed E-state index contributed by atoms with van der Waals surface area (Å²) in [6.45, 7) is 1.57. The van der Waals surface area contributed by atoms with Crippen molar-refractivity contribution in [3.8, 4) is 0 Å². The molecule has 0 aliphatic carbocycles. The summed E-state index contributed by atoms with van der Waals surface area (Å²) in [7, 11) is 0. The molecule has 5 nitrogen and oxygen atoms in total. The van der Waals surface area contributed by atoms with Crippen molar-refractivity contribution in [2.24, 2.45) is 0 Å². The number of Topliss-reactive ketones (excluding diaryl/α,β-unsaturated/α-hetero) is 1. The number of nitro benzene ring substituents is 1. The summed E-state index contributed by atoms with van der Waals surface area (Å²) in [5.41, 5.74) is 0.528. The van der Waals surface area contributed by atoms with E-state index in [0.717, 1.165) is 6.07 Å². The fourth-order valence-corrected chi connectivity index (χ4v) is 1.72. The molecule has 0 amide bonds. The number of hydrogen-bond acceptors (Lipinski definition) is 4. The Hall–Kier alpha value is -1.56. The van der Waals surface area contributed by atoms with Crippen molar-refractivity contribution >= 4 is 33.7 Å². The average molecular weight is 286 g/mol. The maximum absolute atomic E-state index is 11.5. The van der Waals surface area contributed by atoms with E-state index in [0.29, 0.717) is 11.8 Å². The van der Waals surface area contributed by atoms with Gasteiger partial charge in [-0.2, -0.15) is 0 Å². The van der Waals surface area contributed by atoms with E-state index < -0.39 is 4.92 Å². The zero-order valence-electron chi connectivity index (χ0n) is 8.40. The number of aryl methyl sites for hydroxylation is 1. The van der Waals surface area contributed by atoms with Crippen LogP contribution in [0.15, 0.2) is 12.1 Å². The highest BCUT2D eigenvalue weighted by Crippen LogP contribution is 2.22. The lowest BCUT2D eigenvalue weighted by atomic mass is 9.99. The van der Waals surface area contributed by atoms with Crippen LogP contribution in [0.4, 0.5) is 5.69 Å². The zero-order chi connectivity index (χ0) is 12.3. The highest BCUT2D eigenvalue weighted by atomic mass is 79.9. The number of hydrogen-bond donors (Lipinski definition) is 0. The number of carbonyl (C=O) groups is 2. The summed E-state index contributed by atoms with van der Waals surface area (Å²) in [6, 6.07) is 2.39. The van der Waals surface area contributed by atoms with Crippen molar-refractivity contribution in [1.82, 2.24) is 0 Å². The summed E-state index contributed by atoms with van der Waals surface area (Å²) in [5.74, 6) is -0.269. The van der Waals surface area contributed by atoms with Crippen molar-refractivity contribution in [1.29, 1.82) is 0 Å². The molecule has 1 rings (SSSR count). The van der Waals surface area contributed by atoms with Crippen molar-refractivity contribution in [2.75, 3.05) is 5.33 Å². The van der Waals surface area contributed by atoms with E-state index in [4.69, 9.17) is 0 Å². The normalized spacial score (nSPS) is 9.88. The molecule has 0 radical (unpaired) electrons. The van der Waals surface area contributed by atoms with E-state index in [9.17, 15) is 19.7 Å². The van der Waals surface area contributed by atoms with E-state index in [2.05, 4.69) is 15.9 Å². The third-order valence-corrected chi connectivity index (χ3v) is 2.60. The number of nitrogens with zero attached hydrogens (tertiary/aromatic N) is 1. The van der Waals surface area contributed by atoms with Gasteiger partial charge in [0.25, 0.3) is 5.69 Å². The Morgan fingerprint density at radius 1 is 1.56 bits per heavy atom. The van der Waals surface area contributed by atoms with Gasteiger partial charge in [0.15, 0.2) is 12.1 Å². The molecule has 0 fully saturated rings. The van der Waals surface area contributed by atoms with Gasteiger partial charge >= 0.3 is 0 Å². The Balaban J connectivity index is 3.45. The summed E-state index contributed by atoms with van der Waals surface area (Å²) in [6.07, 6.45) is 0.454. The predicted molar refractivity (Wildman–Crippen MR) is 61.3 cm³/mol. The highest BCUT2D eigenvalue weighted by molar-refractivity contribution is 9.09. The first-order chi connectivity index (χ1) is 7.51. The van der Waals surface area contributed by atoms with Crippen LogP contribution in [0.2, 0.25) is 0 Å². The average Bonchev–Trinajstić information content (AvgIpc) is 2.26. The van der Waals surface area contributed by atoms with Crippen molar-refractivity contribution in [2.45, 2.75) is 6.92 Å². The fraction of sp³-hybridized carbons (Fsp3) is 0.200. The minimum atomic E-state index is -0.595. The molecule has 0 aliphatic heterocycles. The highest BCUT2D eigenvalue weighted by Gasteiger charge is 2.18. The summed E-state index contributed by atoms with van der Waals surface area (Å²) in [5, 5.41) is 10.6. The second-order valence-electron chi connectivity index (χ2n) is 3.16. The first kappa shape index (κ1) is 12.5. The van der Waals surface area contributed by atoms with Crippen LogP contribution >= 0.6 is 15.9 Å². The number of benzene rings is 1. The topological polar surface area (TPSA) is 77.3 Å². The van der Waals surface area contributed by atoms with Crippen LogP contribution < -0.4 is 0 Å². The lowest BCUT2D eigenvalue weighted by Crippen LogP contribution is -2.08. The standard InChI is InChI=1S/C10H8BrNO4/c1-6-2-8(12(15)16)3-7(5-13)10(6)9(14)4-11/h2-3,5H,4H2,1H3. The minimum absolute atomic E-state index is 0.0520. The second-order valence-corrected chi connectivity index (χ2v) is 3.72. The molecule has 0 unspecified atom stereocenters. The quantitative estimate of drug-likeness (QED) is 0.280. The number of halogens is 1. The first-order valence-electron chi connectivity index (χ1n) is 4.34. The molecule has 0 atom stereocenters. The Labute approximate surface area is 99.7 Å². The van der Waals surface area contributed by atoms with Crippen LogP contribution in [0.3, 0.4) is 0 Å². The van der Waals surface area contributed by atoms with E-state index in [1.807, 2.05) is 0 Å². The van der Waals surface area contributed by atoms with Crippen LogP contribution in [-0.2, 0) is 0 Å². The van der Waals surface area contributed by atoms with Crippen molar-refractivity contribution < 1.29 is 14.5 Å². The van der Waals surface area contributed by atoms with Gasteiger partial charge in [0.05, 0.1) is 10.3 Å². The fourth-order valence-electron chi connectivity index (χ4n) is 1.44. The van der Waals surface area contributed by atoms with Gasteiger partial charge in [-0.1, -0.05) is 15.9 Å². The molecule has 84 valence electrons. The zero-order valence-corrected chi connectivity index (χ0v) is 9.98. The summed E-state index contributed by atoms with van der Waals surface area (Å²) >= 11 is 3.00. The predicted octanol–water partition coefficient (Wildman–Crippen LogP) is 2.29. The number of aldehydes is 1. The number of rotatable bonds is 4. The lowest BCUT2D eigenvalue weighted by molar-refractivity contribution is -0.384. The molecule has 0 saturated carbocycles. The first-order valence-corrected chi connectivity index (χ1v) is 5.46. The Morgan fingerprint density at radius 3 is 2.62 bits per heavy atom. The monoisotopic (exact) mass is 285 g/mol. The van der Waals surface area contributed by atoms with Gasteiger partial charge in [0.2, 0.25) is 0 Å². The third kappa shape index (κ3) is 2.33. The number of carbonyl (C=O) groups excluding carboxylic acids is 2. The van der Waals surface area contributed by atoms with Gasteiger partial charge in [0.1, 0.15) is 0 Å². The molecule has 0 heterocycles. The molecular formula is C10H8BrNO4. The summed E-state index contributed by atoms with van der Waals surface area (Å²) in [4.78, 5) is 32.3. The van der Waals surface area contributed by atoms with Gasteiger partial charge < -0.3 is 0 Å². The number of nitro groups is 1. The third-order valence-electron chi connectivity index (χ3n) is 2.09. The molecule has 1 aromatic rings. The van der Waals surface area contributed by atoms with Crippen LogP contribution in [0, 0.1) is 17.0 Å². The maximum atomic E-state index is 11.5. The van der Waals surface area contributed by atoms with Crippen LogP contribution in [0.25, 0.3) is 0 Å². The molecule has 0 N–H and O–H groups in total. The van der Waals surface area contributed by atoms with Gasteiger partial charge in [-0.25, -0.2) is 0 Å². The Bertz CT molecular complexity index is 470. The smallest absolute Gasteiger partial charge is 0.270 e. The maximum Gasteiger partial charge on any atom is 0.270 e. The largest absolute Gasteiger partial charge is 0.298 e. The van der Waals surface area contributed by atoms with Crippen LogP contribution in [-0.4, -0.2) is 22.3 Å². The molecule has 0 bridgehead atoms. The van der Waals surface area contributed by atoms with E-state index in [1.165, 1.54) is 6.07 Å². The summed E-state index contributed by atoms with van der Waals surface area (Å²) < 4.78 is 0. The Morgan fingerprint density at radius 2 is 2.19 bits per heavy atom. The number of non-ortho nitro benzene ring substituents is 1. The van der Waals surface area contributed by atoms with Crippen LogP contribution in [0.5, 0.6) is 0 Å². The van der Waals surface area contributed by atoms with Gasteiger partial charge in [0, 0.05) is 23.3 Å². The molecule has 0 aliphatic rings. The molecule has 1 aromatic carbocycles. The number of ketones is 1. The molecular weight excluding hydrogens is 278 g/mol. The van der Waals surface area contributed by atoms with Gasteiger partial charge in [-0.05, 0) is 12.5 Å². The van der Waals surface area contributed by atoms with E-state index >= 15 is 0 Å². The second kappa shape index (κ2) is 4.98.